The van der Waals surface area contributed by atoms with Gasteiger partial charge in [0.1, 0.15) is 28.2 Å². The molecule has 0 radical (unpaired) electrons. The summed E-state index contributed by atoms with van der Waals surface area (Å²) in [5.41, 5.74) is 0.288. The summed E-state index contributed by atoms with van der Waals surface area (Å²) in [6.45, 7) is 4.01. The number of ether oxygens (including phenoxy) is 1. The smallest absolute Gasteiger partial charge is 0.416 e. The number of hydrogen-bond acceptors (Lipinski definition) is 6. The number of benzene rings is 1. The van der Waals surface area contributed by atoms with E-state index in [1.165, 1.54) is 41.7 Å². The average Bonchev–Trinajstić information content (AvgIpc) is 3.46. The van der Waals surface area contributed by atoms with Crippen molar-refractivity contribution in [3.05, 3.63) is 69.3 Å². The van der Waals surface area contributed by atoms with Gasteiger partial charge in [-0.3, -0.25) is 4.79 Å². The van der Waals surface area contributed by atoms with E-state index in [4.69, 9.17) is 9.15 Å². The lowest BCUT2D eigenvalue weighted by atomic mass is 9.88. The first kappa shape index (κ1) is 26.2. The number of hydrogen-bond donors (Lipinski definition) is 1. The molecule has 3 aromatic rings. The van der Waals surface area contributed by atoms with Gasteiger partial charge in [0.05, 0.1) is 17.7 Å². The number of nitriles is 1. The molecule has 4 rings (SSSR count). The van der Waals surface area contributed by atoms with Crippen LogP contribution in [-0.2, 0) is 28.5 Å². The molecule has 2 heterocycles. The van der Waals surface area contributed by atoms with E-state index in [9.17, 15) is 28.0 Å². The summed E-state index contributed by atoms with van der Waals surface area (Å²) in [6, 6.07) is 9.39. The van der Waals surface area contributed by atoms with E-state index >= 15 is 0 Å². The molecule has 0 saturated carbocycles. The standard InChI is InChI=1S/C27H23F3N2O4S/c1-3-35-26(34)23-20-9-7-15(2)11-22(20)37-25(23)32-24(33)17(14-31)13-19-8-10-21(36-19)16-5-4-6-18(12-16)27(28,29)30/h4-6,8,10,12-13,15H,3,7,9,11H2,1-2H3,(H,32,33)/b17-13-/t15-/m0/s1. The number of esters is 1. The maximum Gasteiger partial charge on any atom is 0.416 e. The molecule has 1 aromatic carbocycles. The third-order valence-corrected chi connectivity index (χ3v) is 7.14. The van der Waals surface area contributed by atoms with Gasteiger partial charge < -0.3 is 14.5 Å². The van der Waals surface area contributed by atoms with Crippen molar-refractivity contribution in [2.45, 2.75) is 39.3 Å². The molecule has 0 aliphatic heterocycles. The number of rotatable bonds is 6. The second kappa shape index (κ2) is 10.6. The molecule has 1 aliphatic carbocycles. The maximum atomic E-state index is 13.0. The Balaban J connectivity index is 1.59. The summed E-state index contributed by atoms with van der Waals surface area (Å²) in [7, 11) is 0. The highest BCUT2D eigenvalue weighted by Crippen LogP contribution is 2.40. The molecule has 0 unspecified atom stereocenters. The topological polar surface area (TPSA) is 92.3 Å². The van der Waals surface area contributed by atoms with Crippen LogP contribution in [0.1, 0.15) is 52.4 Å². The fraction of sp³-hybridized carbons (Fsp3) is 0.296. The molecule has 1 aliphatic rings. The lowest BCUT2D eigenvalue weighted by Crippen LogP contribution is -2.17. The van der Waals surface area contributed by atoms with Gasteiger partial charge in [-0.1, -0.05) is 19.1 Å². The molecule has 0 fully saturated rings. The van der Waals surface area contributed by atoms with E-state index < -0.39 is 23.6 Å². The van der Waals surface area contributed by atoms with Crippen molar-refractivity contribution in [3.63, 3.8) is 0 Å². The Morgan fingerprint density at radius 2 is 2.08 bits per heavy atom. The van der Waals surface area contributed by atoms with E-state index in [2.05, 4.69) is 12.2 Å². The summed E-state index contributed by atoms with van der Waals surface area (Å²) in [6.07, 6.45) is -0.902. The minimum atomic E-state index is -4.50. The molecular formula is C27H23F3N2O4S. The first-order valence-electron chi connectivity index (χ1n) is 11.6. The van der Waals surface area contributed by atoms with Crippen LogP contribution in [0.2, 0.25) is 0 Å². The minimum Gasteiger partial charge on any atom is -0.462 e. The van der Waals surface area contributed by atoms with Crippen molar-refractivity contribution < 1.29 is 31.9 Å². The first-order chi connectivity index (χ1) is 17.6. The van der Waals surface area contributed by atoms with Crippen molar-refractivity contribution in [1.82, 2.24) is 0 Å². The summed E-state index contributed by atoms with van der Waals surface area (Å²) < 4.78 is 49.9. The Labute approximate surface area is 215 Å². The van der Waals surface area contributed by atoms with E-state index in [-0.39, 0.29) is 29.3 Å². The Hall–Kier alpha value is -3.84. The molecule has 6 nitrogen and oxygen atoms in total. The molecule has 0 spiro atoms. The number of nitrogens with zero attached hydrogens (tertiary/aromatic N) is 1. The molecule has 1 amide bonds. The Kier molecular flexibility index (Phi) is 7.55. The summed E-state index contributed by atoms with van der Waals surface area (Å²) in [5.74, 6) is -0.547. The summed E-state index contributed by atoms with van der Waals surface area (Å²) in [5, 5.41) is 12.6. The van der Waals surface area contributed by atoms with Gasteiger partial charge in [0.2, 0.25) is 0 Å². The number of alkyl halides is 3. The molecular weight excluding hydrogens is 505 g/mol. The zero-order valence-corrected chi connectivity index (χ0v) is 20.9. The van der Waals surface area contributed by atoms with Crippen LogP contribution < -0.4 is 5.32 Å². The van der Waals surface area contributed by atoms with Crippen LogP contribution in [0.5, 0.6) is 0 Å². The molecule has 10 heteroatoms. The summed E-state index contributed by atoms with van der Waals surface area (Å²) >= 11 is 1.30. The highest BCUT2D eigenvalue weighted by Gasteiger charge is 2.31. The average molecular weight is 529 g/mol. The van der Waals surface area contributed by atoms with Crippen LogP contribution in [0.4, 0.5) is 18.2 Å². The van der Waals surface area contributed by atoms with Crippen LogP contribution in [0.25, 0.3) is 17.4 Å². The Morgan fingerprint density at radius 3 is 2.78 bits per heavy atom. The molecule has 2 aromatic heterocycles. The van der Waals surface area contributed by atoms with Gasteiger partial charge in [0.15, 0.2) is 0 Å². The number of anilines is 1. The number of furan rings is 1. The molecule has 0 bridgehead atoms. The van der Waals surface area contributed by atoms with Crippen LogP contribution in [0, 0.1) is 17.2 Å². The van der Waals surface area contributed by atoms with E-state index in [1.807, 2.05) is 6.07 Å². The second-order valence-electron chi connectivity index (χ2n) is 8.68. The monoisotopic (exact) mass is 528 g/mol. The van der Waals surface area contributed by atoms with E-state index in [0.29, 0.717) is 22.9 Å². The molecule has 192 valence electrons. The van der Waals surface area contributed by atoms with Gasteiger partial charge in [-0.05, 0) is 61.9 Å². The fourth-order valence-corrected chi connectivity index (χ4v) is 5.55. The van der Waals surface area contributed by atoms with Gasteiger partial charge in [-0.15, -0.1) is 11.3 Å². The number of amides is 1. The van der Waals surface area contributed by atoms with Crippen LogP contribution in [0.3, 0.4) is 0 Å². The number of fused-ring (bicyclic) bond motifs is 1. The summed E-state index contributed by atoms with van der Waals surface area (Å²) in [4.78, 5) is 26.7. The highest BCUT2D eigenvalue weighted by molar-refractivity contribution is 7.17. The number of carbonyl (C=O) groups is 2. The first-order valence-corrected chi connectivity index (χ1v) is 12.4. The SMILES string of the molecule is CCOC(=O)c1c(NC(=O)/C(C#N)=C\c2ccc(-c3cccc(C(F)(F)F)c3)o2)sc2c1CC[C@H](C)C2. The lowest BCUT2D eigenvalue weighted by molar-refractivity contribution is -0.137. The van der Waals surface area contributed by atoms with Crippen LogP contribution in [-0.4, -0.2) is 18.5 Å². The van der Waals surface area contributed by atoms with Crippen molar-refractivity contribution in [3.8, 4) is 17.4 Å². The highest BCUT2D eigenvalue weighted by atomic mass is 32.1. The molecule has 1 N–H and O–H groups in total. The number of halogens is 3. The van der Waals surface area contributed by atoms with Gasteiger partial charge in [-0.2, -0.15) is 18.4 Å². The number of carbonyl (C=O) groups excluding carboxylic acids is 2. The van der Waals surface area contributed by atoms with E-state index in [0.717, 1.165) is 35.4 Å². The van der Waals surface area contributed by atoms with Gasteiger partial charge in [-0.25, -0.2) is 4.79 Å². The lowest BCUT2D eigenvalue weighted by Gasteiger charge is -2.18. The maximum absolute atomic E-state index is 13.0. The predicted molar refractivity (Wildman–Crippen MR) is 133 cm³/mol. The zero-order chi connectivity index (χ0) is 26.7. The fourth-order valence-electron chi connectivity index (χ4n) is 4.15. The van der Waals surface area contributed by atoms with Crippen molar-refractivity contribution in [2.75, 3.05) is 11.9 Å². The number of nitrogens with one attached hydrogen (secondary N) is 1. The van der Waals surface area contributed by atoms with Crippen LogP contribution >= 0.6 is 11.3 Å². The predicted octanol–water partition coefficient (Wildman–Crippen LogP) is 6.87. The number of thiophene rings is 1. The normalized spacial score (nSPS) is 15.6. The Bertz CT molecular complexity index is 1410. The molecule has 1 atom stereocenters. The third kappa shape index (κ3) is 5.78. The quantitative estimate of drug-likeness (QED) is 0.214. The van der Waals surface area contributed by atoms with Gasteiger partial charge in [0.25, 0.3) is 5.91 Å². The largest absolute Gasteiger partial charge is 0.462 e. The molecule has 37 heavy (non-hydrogen) atoms. The van der Waals surface area contributed by atoms with E-state index in [1.54, 1.807) is 6.92 Å². The van der Waals surface area contributed by atoms with Crippen molar-refractivity contribution in [1.29, 1.82) is 5.26 Å². The zero-order valence-electron chi connectivity index (χ0n) is 20.1. The van der Waals surface area contributed by atoms with Crippen molar-refractivity contribution in [2.24, 2.45) is 5.92 Å². The molecule has 0 saturated heterocycles. The second-order valence-corrected chi connectivity index (χ2v) is 9.79. The van der Waals surface area contributed by atoms with Gasteiger partial charge >= 0.3 is 12.1 Å². The minimum absolute atomic E-state index is 0.115. The van der Waals surface area contributed by atoms with Gasteiger partial charge in [0, 0.05) is 16.5 Å². The van der Waals surface area contributed by atoms with Crippen molar-refractivity contribution >= 4 is 34.3 Å². The third-order valence-electron chi connectivity index (χ3n) is 5.97. The van der Waals surface area contributed by atoms with Crippen LogP contribution in [0.15, 0.2) is 46.4 Å². The Morgan fingerprint density at radius 1 is 1.30 bits per heavy atom.